The Hall–Kier alpha value is -1.13. The molecule has 2 aromatic rings. The number of benzene rings is 1. The van der Waals surface area contributed by atoms with Crippen molar-refractivity contribution in [3.05, 3.63) is 28.5 Å². The Balaban J connectivity index is 2.33. The highest BCUT2D eigenvalue weighted by atomic mass is 32.1. The van der Waals surface area contributed by atoms with Crippen molar-refractivity contribution < 1.29 is 0 Å². The molecule has 15 heavy (non-hydrogen) atoms. The Kier molecular flexibility index (Phi) is 1.94. The first-order valence-electron chi connectivity index (χ1n) is 5.17. The monoisotopic (exact) mass is 219 g/mol. The third kappa shape index (κ3) is 1.25. The van der Waals surface area contributed by atoms with Gasteiger partial charge in [-0.15, -0.1) is 0 Å². The predicted octanol–water partition coefficient (Wildman–Crippen LogP) is 1.84. The Morgan fingerprint density at radius 1 is 1.53 bits per heavy atom. The highest BCUT2D eigenvalue weighted by Crippen LogP contribution is 2.24. The number of aromatic nitrogens is 2. The Morgan fingerprint density at radius 3 is 3.20 bits per heavy atom. The molecule has 3 nitrogen and oxygen atoms in total. The molecule has 0 aliphatic carbocycles. The molecule has 1 aliphatic rings. The smallest absolute Gasteiger partial charge is 0.178 e. The van der Waals surface area contributed by atoms with Crippen LogP contribution in [0.3, 0.4) is 0 Å². The fraction of sp³-hybridized carbons (Fsp3) is 0.364. The lowest BCUT2D eigenvalue weighted by Gasteiger charge is -2.23. The summed E-state index contributed by atoms with van der Waals surface area (Å²) >= 11 is 5.33. The van der Waals surface area contributed by atoms with Crippen LogP contribution in [0.15, 0.2) is 18.2 Å². The van der Waals surface area contributed by atoms with Crippen LogP contribution in [0, 0.1) is 4.77 Å². The molecule has 0 saturated heterocycles. The Morgan fingerprint density at radius 2 is 2.40 bits per heavy atom. The number of para-hydroxylation sites is 1. The minimum atomic E-state index is 0.491. The van der Waals surface area contributed by atoms with E-state index in [4.69, 9.17) is 12.2 Å². The first-order chi connectivity index (χ1) is 7.29. The van der Waals surface area contributed by atoms with Crippen molar-refractivity contribution in [2.24, 2.45) is 0 Å². The fourth-order valence-electron chi connectivity index (χ4n) is 2.38. The minimum Gasteiger partial charge on any atom is -0.331 e. The maximum absolute atomic E-state index is 5.33. The number of hydrogen-bond donors (Lipinski definition) is 2. The van der Waals surface area contributed by atoms with Gasteiger partial charge < -0.3 is 14.9 Å². The van der Waals surface area contributed by atoms with E-state index in [-0.39, 0.29) is 0 Å². The van der Waals surface area contributed by atoms with E-state index in [0.717, 1.165) is 23.3 Å². The SMILES string of the molecule is CNC1Cc2cccc3[nH]c(=S)n(c23)C1. The van der Waals surface area contributed by atoms with Crippen LogP contribution >= 0.6 is 12.2 Å². The lowest BCUT2D eigenvalue weighted by molar-refractivity contribution is 0.467. The van der Waals surface area contributed by atoms with E-state index in [2.05, 4.69) is 33.1 Å². The summed E-state index contributed by atoms with van der Waals surface area (Å²) in [5.41, 5.74) is 3.83. The van der Waals surface area contributed by atoms with Crippen LogP contribution in [0.5, 0.6) is 0 Å². The average Bonchev–Trinajstić information content (AvgIpc) is 2.58. The zero-order valence-corrected chi connectivity index (χ0v) is 9.40. The maximum atomic E-state index is 5.33. The van der Waals surface area contributed by atoms with Gasteiger partial charge in [0.25, 0.3) is 0 Å². The largest absolute Gasteiger partial charge is 0.331 e. The predicted molar refractivity (Wildman–Crippen MR) is 63.7 cm³/mol. The van der Waals surface area contributed by atoms with E-state index >= 15 is 0 Å². The second-order valence-corrected chi connectivity index (χ2v) is 4.43. The number of rotatable bonds is 1. The molecule has 0 radical (unpaired) electrons. The van der Waals surface area contributed by atoms with Crippen molar-refractivity contribution in [1.82, 2.24) is 14.9 Å². The minimum absolute atomic E-state index is 0.491. The first-order valence-corrected chi connectivity index (χ1v) is 5.58. The molecule has 2 heterocycles. The van der Waals surface area contributed by atoms with Crippen molar-refractivity contribution in [2.45, 2.75) is 19.0 Å². The fourth-order valence-corrected chi connectivity index (χ4v) is 2.65. The van der Waals surface area contributed by atoms with E-state index in [1.165, 1.54) is 11.1 Å². The van der Waals surface area contributed by atoms with Gasteiger partial charge in [-0.05, 0) is 37.3 Å². The molecule has 0 bridgehead atoms. The Bertz CT molecular complexity index is 567. The van der Waals surface area contributed by atoms with E-state index in [9.17, 15) is 0 Å². The summed E-state index contributed by atoms with van der Waals surface area (Å²) < 4.78 is 3.03. The quantitative estimate of drug-likeness (QED) is 0.717. The molecule has 1 aromatic heterocycles. The van der Waals surface area contributed by atoms with Gasteiger partial charge in [-0.3, -0.25) is 0 Å². The van der Waals surface area contributed by atoms with Gasteiger partial charge in [0.1, 0.15) is 0 Å². The molecule has 2 N–H and O–H groups in total. The van der Waals surface area contributed by atoms with Gasteiger partial charge in [-0.1, -0.05) is 12.1 Å². The number of aromatic amines is 1. The molecule has 0 fully saturated rings. The normalized spacial score (nSPS) is 19.7. The number of H-pyrrole nitrogens is 1. The van der Waals surface area contributed by atoms with Crippen molar-refractivity contribution in [3.8, 4) is 0 Å². The second kappa shape index (κ2) is 3.18. The summed E-state index contributed by atoms with van der Waals surface area (Å²) in [7, 11) is 2.01. The highest BCUT2D eigenvalue weighted by molar-refractivity contribution is 7.71. The second-order valence-electron chi connectivity index (χ2n) is 4.04. The molecule has 0 spiro atoms. The molecule has 1 unspecified atom stereocenters. The van der Waals surface area contributed by atoms with Crippen molar-refractivity contribution in [2.75, 3.05) is 7.05 Å². The maximum Gasteiger partial charge on any atom is 0.178 e. The van der Waals surface area contributed by atoms with Crippen LogP contribution in [0.1, 0.15) is 5.56 Å². The number of nitrogens with one attached hydrogen (secondary N) is 2. The van der Waals surface area contributed by atoms with Gasteiger partial charge in [-0.2, -0.15) is 0 Å². The van der Waals surface area contributed by atoms with Crippen molar-refractivity contribution in [3.63, 3.8) is 0 Å². The molecule has 1 aromatic carbocycles. The van der Waals surface area contributed by atoms with E-state index in [1.807, 2.05) is 7.05 Å². The molecule has 1 atom stereocenters. The van der Waals surface area contributed by atoms with Crippen LogP contribution in [-0.2, 0) is 13.0 Å². The van der Waals surface area contributed by atoms with Gasteiger partial charge in [0, 0.05) is 12.6 Å². The topological polar surface area (TPSA) is 32.8 Å². The molecule has 3 rings (SSSR count). The van der Waals surface area contributed by atoms with Crippen molar-refractivity contribution in [1.29, 1.82) is 0 Å². The standard InChI is InChI=1S/C11H13N3S/c1-12-8-5-7-3-2-4-9-10(7)14(6-8)11(15)13-9/h2-4,8,12H,5-6H2,1H3,(H,13,15). The van der Waals surface area contributed by atoms with Crippen LogP contribution in [0.4, 0.5) is 0 Å². The summed E-state index contributed by atoms with van der Waals surface area (Å²) in [5.74, 6) is 0. The van der Waals surface area contributed by atoms with Gasteiger partial charge in [0.05, 0.1) is 11.0 Å². The summed E-state index contributed by atoms with van der Waals surface area (Å²) in [5, 5.41) is 3.32. The van der Waals surface area contributed by atoms with Gasteiger partial charge in [0.15, 0.2) is 4.77 Å². The van der Waals surface area contributed by atoms with E-state index in [1.54, 1.807) is 0 Å². The van der Waals surface area contributed by atoms with E-state index in [0.29, 0.717) is 6.04 Å². The zero-order chi connectivity index (χ0) is 10.4. The summed E-state index contributed by atoms with van der Waals surface area (Å²) in [6.45, 7) is 0.965. The number of nitrogens with zero attached hydrogens (tertiary/aromatic N) is 1. The van der Waals surface area contributed by atoms with Crippen LogP contribution in [0.25, 0.3) is 11.0 Å². The van der Waals surface area contributed by atoms with Crippen LogP contribution in [-0.4, -0.2) is 22.6 Å². The number of imidazole rings is 1. The van der Waals surface area contributed by atoms with Gasteiger partial charge in [0.2, 0.25) is 0 Å². The lowest BCUT2D eigenvalue weighted by atomic mass is 10.0. The average molecular weight is 219 g/mol. The van der Waals surface area contributed by atoms with Crippen LogP contribution < -0.4 is 5.32 Å². The van der Waals surface area contributed by atoms with Crippen molar-refractivity contribution >= 4 is 23.3 Å². The van der Waals surface area contributed by atoms with Gasteiger partial charge >= 0.3 is 0 Å². The third-order valence-electron chi connectivity index (χ3n) is 3.15. The number of likely N-dealkylation sites (N-methyl/N-ethyl adjacent to an activating group) is 1. The molecule has 1 aliphatic heterocycles. The highest BCUT2D eigenvalue weighted by Gasteiger charge is 2.20. The van der Waals surface area contributed by atoms with Gasteiger partial charge in [-0.25, -0.2) is 0 Å². The molecular weight excluding hydrogens is 206 g/mol. The Labute approximate surface area is 93.1 Å². The molecular formula is C11H13N3S. The lowest BCUT2D eigenvalue weighted by Crippen LogP contribution is -2.35. The molecule has 78 valence electrons. The third-order valence-corrected chi connectivity index (χ3v) is 3.48. The summed E-state index contributed by atoms with van der Waals surface area (Å²) in [6.07, 6.45) is 1.08. The first kappa shape index (κ1) is 9.12. The molecule has 4 heteroatoms. The van der Waals surface area contributed by atoms with E-state index < -0.39 is 0 Å². The molecule has 0 amide bonds. The summed E-state index contributed by atoms with van der Waals surface area (Å²) in [6, 6.07) is 6.85. The molecule has 0 saturated carbocycles. The van der Waals surface area contributed by atoms with Crippen LogP contribution in [0.2, 0.25) is 0 Å². The zero-order valence-electron chi connectivity index (χ0n) is 8.58. The number of hydrogen-bond acceptors (Lipinski definition) is 2. The summed E-state index contributed by atoms with van der Waals surface area (Å²) in [4.78, 5) is 3.25.